The Morgan fingerprint density at radius 3 is 2.55 bits per heavy atom. The van der Waals surface area contributed by atoms with Gasteiger partial charge in [-0.3, -0.25) is 0 Å². The van der Waals surface area contributed by atoms with Gasteiger partial charge < -0.3 is 0 Å². The monoisotopic (exact) mass is 452 g/mol. The lowest BCUT2D eigenvalue weighted by molar-refractivity contribution is -0.138. The summed E-state index contributed by atoms with van der Waals surface area (Å²) in [6, 6.07) is 9.29. The Hall–Kier alpha value is -2.60. The Kier molecular flexibility index (Phi) is 6.42. The van der Waals surface area contributed by atoms with Crippen molar-refractivity contribution in [1.29, 1.82) is 5.26 Å². The predicted molar refractivity (Wildman–Crippen MR) is 105 cm³/mol. The van der Waals surface area contributed by atoms with Crippen LogP contribution in [-0.4, -0.2) is 15.0 Å². The van der Waals surface area contributed by atoms with Crippen LogP contribution >= 0.6 is 35.0 Å². The molecule has 0 fully saturated rings. The summed E-state index contributed by atoms with van der Waals surface area (Å²) in [7, 11) is 0. The van der Waals surface area contributed by atoms with Crippen molar-refractivity contribution in [1.82, 2.24) is 15.0 Å². The predicted octanol–water partition coefficient (Wildman–Crippen LogP) is 6.39. The van der Waals surface area contributed by atoms with E-state index in [4.69, 9.17) is 28.5 Å². The fraction of sp³-hybridized carbons (Fsp3) is 0.0526. The summed E-state index contributed by atoms with van der Waals surface area (Å²) < 4.78 is 38.8. The number of nitriles is 1. The molecule has 0 bridgehead atoms. The highest BCUT2D eigenvalue weighted by Gasteiger charge is 2.32. The molecule has 1 aromatic carbocycles. The molecule has 10 heteroatoms. The van der Waals surface area contributed by atoms with Crippen molar-refractivity contribution >= 4 is 47.1 Å². The average Bonchev–Trinajstić information content (AvgIpc) is 2.67. The van der Waals surface area contributed by atoms with E-state index in [-0.39, 0.29) is 15.7 Å². The van der Waals surface area contributed by atoms with Crippen molar-refractivity contribution in [2.24, 2.45) is 0 Å². The van der Waals surface area contributed by atoms with Crippen molar-refractivity contribution in [3.63, 3.8) is 0 Å². The third-order valence-electron chi connectivity index (χ3n) is 3.54. The van der Waals surface area contributed by atoms with Gasteiger partial charge in [-0.25, -0.2) is 15.0 Å². The normalized spacial score (nSPS) is 11.6. The van der Waals surface area contributed by atoms with Crippen LogP contribution in [-0.2, 0) is 6.18 Å². The first-order chi connectivity index (χ1) is 13.8. The van der Waals surface area contributed by atoms with Gasteiger partial charge in [0.25, 0.3) is 0 Å². The molecule has 0 N–H and O–H groups in total. The van der Waals surface area contributed by atoms with E-state index in [1.807, 2.05) is 0 Å². The van der Waals surface area contributed by atoms with Gasteiger partial charge in [0.05, 0.1) is 16.2 Å². The molecule has 2 aromatic heterocycles. The number of halogens is 5. The zero-order valence-electron chi connectivity index (χ0n) is 14.3. The van der Waals surface area contributed by atoms with Crippen molar-refractivity contribution in [2.45, 2.75) is 16.2 Å². The quantitative estimate of drug-likeness (QED) is 0.429. The van der Waals surface area contributed by atoms with E-state index in [9.17, 15) is 13.2 Å². The van der Waals surface area contributed by atoms with Crippen LogP contribution in [0.4, 0.5) is 13.2 Å². The van der Waals surface area contributed by atoms with Crippen molar-refractivity contribution in [3.05, 3.63) is 75.3 Å². The second-order valence-corrected chi connectivity index (χ2v) is 7.40. The van der Waals surface area contributed by atoms with Crippen LogP contribution in [0.1, 0.15) is 22.5 Å². The highest BCUT2D eigenvalue weighted by Crippen LogP contribution is 2.34. The SMILES string of the molecule is N#Cc1ncc(C(F)(F)F)cc1Sc1nccc(C=Cc2ccc(Cl)cc2Cl)n1. The number of pyridine rings is 1. The van der Waals surface area contributed by atoms with Crippen LogP contribution in [0.25, 0.3) is 12.2 Å². The first-order valence-corrected chi connectivity index (χ1v) is 9.45. The number of rotatable bonds is 4. The lowest BCUT2D eigenvalue weighted by Crippen LogP contribution is -2.06. The fourth-order valence-electron chi connectivity index (χ4n) is 2.17. The lowest BCUT2D eigenvalue weighted by atomic mass is 10.2. The van der Waals surface area contributed by atoms with Crippen molar-refractivity contribution in [3.8, 4) is 6.07 Å². The van der Waals surface area contributed by atoms with Crippen molar-refractivity contribution in [2.75, 3.05) is 0 Å². The van der Waals surface area contributed by atoms with E-state index in [1.165, 1.54) is 6.20 Å². The summed E-state index contributed by atoms with van der Waals surface area (Å²) in [5.74, 6) is 0. The van der Waals surface area contributed by atoms with E-state index in [0.29, 0.717) is 21.9 Å². The Morgan fingerprint density at radius 1 is 1.07 bits per heavy atom. The Balaban J connectivity index is 1.87. The molecule has 2 heterocycles. The van der Waals surface area contributed by atoms with Gasteiger partial charge in [0.2, 0.25) is 0 Å². The van der Waals surface area contributed by atoms with Gasteiger partial charge in [-0.15, -0.1) is 0 Å². The Bertz CT molecular complexity index is 1130. The third kappa shape index (κ3) is 5.48. The van der Waals surface area contributed by atoms with Gasteiger partial charge in [-0.2, -0.15) is 18.4 Å². The van der Waals surface area contributed by atoms with E-state index in [1.54, 1.807) is 42.5 Å². The molecule has 0 saturated heterocycles. The minimum atomic E-state index is -4.57. The van der Waals surface area contributed by atoms with Gasteiger partial charge in [0.1, 0.15) is 6.07 Å². The average molecular weight is 453 g/mol. The molecular formula is C19H9Cl2F3N4S. The number of hydrogen-bond acceptors (Lipinski definition) is 5. The molecule has 0 saturated carbocycles. The third-order valence-corrected chi connectivity index (χ3v) is 5.01. The maximum Gasteiger partial charge on any atom is 0.417 e. The van der Waals surface area contributed by atoms with E-state index >= 15 is 0 Å². The molecule has 29 heavy (non-hydrogen) atoms. The molecule has 0 amide bonds. The van der Waals surface area contributed by atoms with E-state index < -0.39 is 11.7 Å². The number of aromatic nitrogens is 3. The summed E-state index contributed by atoms with van der Waals surface area (Å²) >= 11 is 12.8. The molecule has 0 unspecified atom stereocenters. The molecular weight excluding hydrogens is 444 g/mol. The standard InChI is InChI=1S/C19H9Cl2F3N4S/c20-13-3-1-11(15(21)8-13)2-4-14-5-6-26-18(28-14)29-17-7-12(19(22,23)24)10-27-16(17)9-25/h1-8,10H. The van der Waals surface area contributed by atoms with E-state index in [2.05, 4.69) is 15.0 Å². The zero-order valence-corrected chi connectivity index (χ0v) is 16.6. The maximum atomic E-state index is 12.9. The second kappa shape index (κ2) is 8.82. The first-order valence-electron chi connectivity index (χ1n) is 7.87. The molecule has 3 rings (SSSR count). The second-order valence-electron chi connectivity index (χ2n) is 5.55. The summed E-state index contributed by atoms with van der Waals surface area (Å²) in [4.78, 5) is 11.9. The van der Waals surface area contributed by atoms with Gasteiger partial charge in [-0.05, 0) is 47.7 Å². The minimum absolute atomic E-state index is 0.0178. The van der Waals surface area contributed by atoms with Gasteiger partial charge in [0.15, 0.2) is 10.9 Å². The smallest absolute Gasteiger partial charge is 0.244 e. The van der Waals surface area contributed by atoms with Crippen LogP contribution in [0, 0.1) is 11.3 Å². The molecule has 0 radical (unpaired) electrons. The van der Waals surface area contributed by atoms with Crippen LogP contribution in [0.2, 0.25) is 10.0 Å². The number of benzene rings is 1. The highest BCUT2D eigenvalue weighted by molar-refractivity contribution is 7.99. The van der Waals surface area contributed by atoms with Crippen LogP contribution in [0.15, 0.2) is 52.8 Å². The number of alkyl halides is 3. The molecule has 0 aliphatic rings. The molecule has 0 spiro atoms. The van der Waals surface area contributed by atoms with Gasteiger partial charge in [0, 0.05) is 22.4 Å². The Labute approximate surface area is 178 Å². The van der Waals surface area contributed by atoms with Gasteiger partial charge >= 0.3 is 6.18 Å². The summed E-state index contributed by atoms with van der Waals surface area (Å²) in [6.07, 6.45) is 0.919. The summed E-state index contributed by atoms with van der Waals surface area (Å²) in [6.45, 7) is 0. The fourth-order valence-corrected chi connectivity index (χ4v) is 3.48. The molecule has 0 aliphatic heterocycles. The maximum absolute atomic E-state index is 12.9. The minimum Gasteiger partial charge on any atom is -0.244 e. The summed E-state index contributed by atoms with van der Waals surface area (Å²) in [5, 5.41) is 10.3. The highest BCUT2D eigenvalue weighted by atomic mass is 35.5. The van der Waals surface area contributed by atoms with E-state index in [0.717, 1.165) is 23.4 Å². The van der Waals surface area contributed by atoms with Gasteiger partial charge in [-0.1, -0.05) is 35.3 Å². The number of hydrogen-bond donors (Lipinski definition) is 0. The molecule has 0 atom stereocenters. The first kappa shape index (κ1) is 21.1. The van der Waals surface area contributed by atoms with Crippen LogP contribution in [0.5, 0.6) is 0 Å². The molecule has 3 aromatic rings. The molecule has 0 aliphatic carbocycles. The zero-order chi connectivity index (χ0) is 21.0. The summed E-state index contributed by atoms with van der Waals surface area (Å²) in [5.41, 5.74) is 0.137. The van der Waals surface area contributed by atoms with Crippen molar-refractivity contribution < 1.29 is 13.2 Å². The Morgan fingerprint density at radius 2 is 1.86 bits per heavy atom. The largest absolute Gasteiger partial charge is 0.417 e. The molecule has 4 nitrogen and oxygen atoms in total. The van der Waals surface area contributed by atoms with Crippen LogP contribution < -0.4 is 0 Å². The molecule has 146 valence electrons. The lowest BCUT2D eigenvalue weighted by Gasteiger charge is -2.09. The topological polar surface area (TPSA) is 62.5 Å². The number of nitrogens with zero attached hydrogens (tertiary/aromatic N) is 4. The van der Waals surface area contributed by atoms with Crippen LogP contribution in [0.3, 0.4) is 0 Å².